The van der Waals surface area contributed by atoms with Gasteiger partial charge in [-0.2, -0.15) is 0 Å². The van der Waals surface area contributed by atoms with Crippen LogP contribution in [0.15, 0.2) is 0 Å². The Morgan fingerprint density at radius 3 is 2.38 bits per heavy atom. The van der Waals surface area contributed by atoms with E-state index in [4.69, 9.17) is 5.11 Å². The Morgan fingerprint density at radius 2 is 1.88 bits per heavy atom. The standard InChI is InChI=1S/C12H19NO3/c1-7(6-10(14)15)13-12(16)11-8-4-2-3-5-9(8)11/h7-9,11H,2-6H2,1H3,(H,13,16)(H,14,15). The SMILES string of the molecule is CC(CC(=O)O)NC(=O)C1C2CCCCC21. The molecule has 0 saturated heterocycles. The first-order valence-electron chi connectivity index (χ1n) is 6.11. The molecule has 0 radical (unpaired) electrons. The fourth-order valence-corrected chi connectivity index (χ4v) is 3.03. The Bertz CT molecular complexity index is 291. The van der Waals surface area contributed by atoms with Crippen LogP contribution in [-0.4, -0.2) is 23.0 Å². The van der Waals surface area contributed by atoms with Gasteiger partial charge in [0.25, 0.3) is 0 Å². The highest BCUT2D eigenvalue weighted by Crippen LogP contribution is 2.55. The Hall–Kier alpha value is -1.06. The molecule has 2 fully saturated rings. The molecule has 0 bridgehead atoms. The predicted octanol–water partition coefficient (Wildman–Crippen LogP) is 1.40. The van der Waals surface area contributed by atoms with Crippen LogP contribution in [0.2, 0.25) is 0 Å². The summed E-state index contributed by atoms with van der Waals surface area (Å²) in [4.78, 5) is 22.3. The highest BCUT2D eigenvalue weighted by atomic mass is 16.4. The van der Waals surface area contributed by atoms with Gasteiger partial charge in [-0.15, -0.1) is 0 Å². The van der Waals surface area contributed by atoms with Crippen molar-refractivity contribution >= 4 is 11.9 Å². The molecule has 4 heteroatoms. The number of amides is 1. The van der Waals surface area contributed by atoms with Crippen molar-refractivity contribution in [3.63, 3.8) is 0 Å². The van der Waals surface area contributed by atoms with E-state index in [1.165, 1.54) is 25.7 Å². The zero-order valence-electron chi connectivity index (χ0n) is 9.61. The summed E-state index contributed by atoms with van der Waals surface area (Å²) in [5, 5.41) is 11.4. The average Bonchev–Trinajstić information content (AvgIpc) is 2.89. The quantitative estimate of drug-likeness (QED) is 0.760. The van der Waals surface area contributed by atoms with Crippen LogP contribution < -0.4 is 5.32 Å². The summed E-state index contributed by atoms with van der Waals surface area (Å²) in [6.07, 6.45) is 4.85. The molecule has 4 nitrogen and oxygen atoms in total. The number of rotatable bonds is 4. The van der Waals surface area contributed by atoms with Crippen LogP contribution in [0.1, 0.15) is 39.0 Å². The van der Waals surface area contributed by atoms with Gasteiger partial charge in [0.05, 0.1) is 6.42 Å². The number of carboxylic acids is 1. The van der Waals surface area contributed by atoms with Crippen LogP contribution in [0.3, 0.4) is 0 Å². The summed E-state index contributed by atoms with van der Waals surface area (Å²) in [6.45, 7) is 1.75. The van der Waals surface area contributed by atoms with E-state index in [1.54, 1.807) is 6.92 Å². The Balaban J connectivity index is 1.78. The lowest BCUT2D eigenvalue weighted by Crippen LogP contribution is -2.35. The van der Waals surface area contributed by atoms with Gasteiger partial charge in [0, 0.05) is 12.0 Å². The van der Waals surface area contributed by atoms with Gasteiger partial charge in [-0.3, -0.25) is 9.59 Å². The summed E-state index contributed by atoms with van der Waals surface area (Å²) in [7, 11) is 0. The van der Waals surface area contributed by atoms with E-state index in [9.17, 15) is 9.59 Å². The van der Waals surface area contributed by atoms with Crippen molar-refractivity contribution in [2.24, 2.45) is 17.8 Å². The van der Waals surface area contributed by atoms with Gasteiger partial charge in [0.1, 0.15) is 0 Å². The normalized spacial score (nSPS) is 33.7. The van der Waals surface area contributed by atoms with Gasteiger partial charge in [0.15, 0.2) is 0 Å². The van der Waals surface area contributed by atoms with Crippen LogP contribution >= 0.6 is 0 Å². The second-order valence-electron chi connectivity index (χ2n) is 5.15. The largest absolute Gasteiger partial charge is 0.481 e. The van der Waals surface area contributed by atoms with Gasteiger partial charge < -0.3 is 10.4 Å². The topological polar surface area (TPSA) is 66.4 Å². The predicted molar refractivity (Wildman–Crippen MR) is 58.8 cm³/mol. The van der Waals surface area contributed by atoms with Gasteiger partial charge in [0.2, 0.25) is 5.91 Å². The van der Waals surface area contributed by atoms with Crippen molar-refractivity contribution in [3.8, 4) is 0 Å². The third-order valence-electron chi connectivity index (χ3n) is 3.83. The number of carbonyl (C=O) groups is 2. The van der Waals surface area contributed by atoms with Crippen LogP contribution in [0.25, 0.3) is 0 Å². The van der Waals surface area contributed by atoms with E-state index < -0.39 is 5.97 Å². The highest BCUT2D eigenvalue weighted by molar-refractivity contribution is 5.83. The molecule has 2 rings (SSSR count). The van der Waals surface area contributed by atoms with Crippen molar-refractivity contribution < 1.29 is 14.7 Å². The molecule has 0 aromatic carbocycles. The van der Waals surface area contributed by atoms with Crippen molar-refractivity contribution in [1.29, 1.82) is 0 Å². The molecule has 3 unspecified atom stereocenters. The molecule has 90 valence electrons. The highest BCUT2D eigenvalue weighted by Gasteiger charge is 2.54. The molecule has 0 aromatic rings. The maximum Gasteiger partial charge on any atom is 0.305 e. The number of fused-ring (bicyclic) bond motifs is 1. The molecular weight excluding hydrogens is 206 g/mol. The Kier molecular flexibility index (Phi) is 3.17. The molecule has 2 aliphatic carbocycles. The number of nitrogens with one attached hydrogen (secondary N) is 1. The minimum Gasteiger partial charge on any atom is -0.481 e. The van der Waals surface area contributed by atoms with E-state index in [1.807, 2.05) is 0 Å². The Labute approximate surface area is 95.4 Å². The summed E-state index contributed by atoms with van der Waals surface area (Å²) in [5.74, 6) is 0.571. The van der Waals surface area contributed by atoms with E-state index >= 15 is 0 Å². The van der Waals surface area contributed by atoms with Gasteiger partial charge in [-0.1, -0.05) is 12.8 Å². The third kappa shape index (κ3) is 2.36. The van der Waals surface area contributed by atoms with Crippen molar-refractivity contribution in [3.05, 3.63) is 0 Å². The van der Waals surface area contributed by atoms with Crippen molar-refractivity contribution in [1.82, 2.24) is 5.32 Å². The lowest BCUT2D eigenvalue weighted by atomic mass is 10.0. The lowest BCUT2D eigenvalue weighted by molar-refractivity contribution is -0.137. The molecule has 2 N–H and O–H groups in total. The molecule has 2 saturated carbocycles. The number of hydrogen-bond donors (Lipinski definition) is 2. The first kappa shape index (κ1) is 11.4. The minimum atomic E-state index is -0.860. The number of hydrogen-bond acceptors (Lipinski definition) is 2. The number of carbonyl (C=O) groups excluding carboxylic acids is 1. The van der Waals surface area contributed by atoms with Gasteiger partial charge in [-0.05, 0) is 31.6 Å². The van der Waals surface area contributed by atoms with E-state index in [0.29, 0.717) is 11.8 Å². The van der Waals surface area contributed by atoms with E-state index in [0.717, 1.165) is 0 Å². The fraction of sp³-hybridized carbons (Fsp3) is 0.833. The average molecular weight is 225 g/mol. The lowest BCUT2D eigenvalue weighted by Gasteiger charge is -2.11. The van der Waals surface area contributed by atoms with Gasteiger partial charge in [-0.25, -0.2) is 0 Å². The Morgan fingerprint density at radius 1 is 1.31 bits per heavy atom. The molecule has 1 amide bonds. The number of carboxylic acid groups (broad SMARTS) is 1. The number of aliphatic carboxylic acids is 1. The maximum absolute atomic E-state index is 11.9. The van der Waals surface area contributed by atoms with Crippen molar-refractivity contribution in [2.45, 2.75) is 45.1 Å². The summed E-state index contributed by atoms with van der Waals surface area (Å²) >= 11 is 0. The smallest absolute Gasteiger partial charge is 0.305 e. The first-order chi connectivity index (χ1) is 7.59. The summed E-state index contributed by atoms with van der Waals surface area (Å²) in [5.41, 5.74) is 0. The summed E-state index contributed by atoms with van der Waals surface area (Å²) in [6, 6.07) is -0.257. The molecule has 0 aliphatic heterocycles. The van der Waals surface area contributed by atoms with E-state index in [-0.39, 0.29) is 24.3 Å². The van der Waals surface area contributed by atoms with Crippen LogP contribution in [0.4, 0.5) is 0 Å². The monoisotopic (exact) mass is 225 g/mol. The second kappa shape index (κ2) is 4.44. The first-order valence-corrected chi connectivity index (χ1v) is 6.11. The molecule has 16 heavy (non-hydrogen) atoms. The second-order valence-corrected chi connectivity index (χ2v) is 5.15. The van der Waals surface area contributed by atoms with E-state index in [2.05, 4.69) is 5.32 Å². The molecule has 2 aliphatic rings. The fourth-order valence-electron chi connectivity index (χ4n) is 3.03. The van der Waals surface area contributed by atoms with Crippen LogP contribution in [-0.2, 0) is 9.59 Å². The molecule has 0 aromatic heterocycles. The molecule has 3 atom stereocenters. The molecular formula is C12H19NO3. The maximum atomic E-state index is 11.9. The zero-order valence-corrected chi connectivity index (χ0v) is 9.61. The third-order valence-corrected chi connectivity index (χ3v) is 3.83. The van der Waals surface area contributed by atoms with Crippen LogP contribution in [0.5, 0.6) is 0 Å². The molecule has 0 spiro atoms. The zero-order chi connectivity index (χ0) is 11.7. The minimum absolute atomic E-state index is 0.00773. The van der Waals surface area contributed by atoms with Crippen molar-refractivity contribution in [2.75, 3.05) is 0 Å². The van der Waals surface area contributed by atoms with Crippen LogP contribution in [0, 0.1) is 17.8 Å². The summed E-state index contributed by atoms with van der Waals surface area (Å²) < 4.78 is 0. The molecule has 0 heterocycles. The van der Waals surface area contributed by atoms with Gasteiger partial charge >= 0.3 is 5.97 Å².